The Balaban J connectivity index is 1.20. The zero-order chi connectivity index (χ0) is 27.2. The summed E-state index contributed by atoms with van der Waals surface area (Å²) in [4.78, 5) is 31.9. The summed E-state index contributed by atoms with van der Waals surface area (Å²) in [5.41, 5.74) is 0.969. The molecule has 0 N–H and O–H groups in total. The molecule has 1 aromatic heterocycles. The molecule has 3 fully saturated rings. The van der Waals surface area contributed by atoms with E-state index in [-0.39, 0.29) is 24.5 Å². The highest BCUT2D eigenvalue weighted by Gasteiger charge is 2.44. The van der Waals surface area contributed by atoms with Gasteiger partial charge in [-0.15, -0.1) is 0 Å². The second-order valence-corrected chi connectivity index (χ2v) is 11.0. The van der Waals surface area contributed by atoms with Gasteiger partial charge in [0.25, 0.3) is 0 Å². The van der Waals surface area contributed by atoms with Crippen LogP contribution in [0.2, 0.25) is 0 Å². The van der Waals surface area contributed by atoms with E-state index in [0.29, 0.717) is 41.9 Å². The number of amides is 2. The number of carbonyl (C=O) groups is 2. The predicted octanol–water partition coefficient (Wildman–Crippen LogP) is 4.30. The maximum absolute atomic E-state index is 14.0. The van der Waals surface area contributed by atoms with E-state index in [1.807, 2.05) is 22.9 Å². The number of aromatic nitrogens is 2. The first-order valence-electron chi connectivity index (χ1n) is 13.2. The van der Waals surface area contributed by atoms with Gasteiger partial charge in [-0.3, -0.25) is 9.69 Å². The molecule has 1 saturated carbocycles. The van der Waals surface area contributed by atoms with Gasteiger partial charge in [0.15, 0.2) is 0 Å². The van der Waals surface area contributed by atoms with Crippen molar-refractivity contribution in [3.05, 3.63) is 41.7 Å². The minimum absolute atomic E-state index is 0.146. The minimum atomic E-state index is -4.40. The van der Waals surface area contributed by atoms with Crippen LogP contribution in [0.3, 0.4) is 0 Å². The number of carbonyl (C=O) groups excluding carboxylic acids is 2. The third-order valence-electron chi connectivity index (χ3n) is 8.53. The second kappa shape index (κ2) is 10.2. The number of benzene rings is 1. The van der Waals surface area contributed by atoms with E-state index in [1.165, 1.54) is 28.8 Å². The van der Waals surface area contributed by atoms with E-state index in [0.717, 1.165) is 38.8 Å². The summed E-state index contributed by atoms with van der Waals surface area (Å²) in [6.07, 6.45) is 2.36. The van der Waals surface area contributed by atoms with Crippen LogP contribution >= 0.6 is 0 Å². The fourth-order valence-electron chi connectivity index (χ4n) is 6.24. The number of nitrogens with zero attached hydrogens (tertiary/aromatic N) is 6. The smallest absolute Gasteiger partial charge is 0.372 e. The lowest BCUT2D eigenvalue weighted by atomic mass is 10.0. The van der Waals surface area contributed by atoms with E-state index in [9.17, 15) is 22.8 Å². The van der Waals surface area contributed by atoms with Gasteiger partial charge in [0.2, 0.25) is 5.91 Å². The zero-order valence-corrected chi connectivity index (χ0v) is 22.1. The zero-order valence-electron chi connectivity index (χ0n) is 22.1. The number of anilines is 2. The van der Waals surface area contributed by atoms with Crippen molar-refractivity contribution in [3.8, 4) is 0 Å². The molecule has 3 heterocycles. The third kappa shape index (κ3) is 5.25. The Morgan fingerprint density at radius 3 is 2.34 bits per heavy atom. The van der Waals surface area contributed by atoms with Gasteiger partial charge in [0.05, 0.1) is 23.6 Å². The molecule has 2 saturated heterocycles. The molecule has 0 radical (unpaired) electrons. The van der Waals surface area contributed by atoms with Crippen molar-refractivity contribution in [2.24, 2.45) is 11.8 Å². The van der Waals surface area contributed by atoms with Gasteiger partial charge in [-0.05, 0) is 62.3 Å². The lowest BCUT2D eigenvalue weighted by Crippen LogP contribution is -2.36. The van der Waals surface area contributed by atoms with Crippen molar-refractivity contribution in [2.45, 2.75) is 51.4 Å². The van der Waals surface area contributed by atoms with Gasteiger partial charge in [-0.2, -0.15) is 23.0 Å². The van der Waals surface area contributed by atoms with Crippen LogP contribution < -0.4 is 9.80 Å². The van der Waals surface area contributed by atoms with Crippen LogP contribution in [0.1, 0.15) is 43.7 Å². The van der Waals surface area contributed by atoms with E-state index < -0.39 is 11.7 Å². The Hall–Kier alpha value is -3.08. The molecule has 38 heavy (non-hydrogen) atoms. The molecule has 8 nitrogen and oxygen atoms in total. The van der Waals surface area contributed by atoms with Crippen LogP contribution in [0.25, 0.3) is 0 Å². The molecule has 3 aliphatic rings. The summed E-state index contributed by atoms with van der Waals surface area (Å²) in [5.74, 6) is 0.467. The molecule has 2 unspecified atom stereocenters. The van der Waals surface area contributed by atoms with Crippen LogP contribution in [0.15, 0.2) is 30.6 Å². The summed E-state index contributed by atoms with van der Waals surface area (Å²) in [6, 6.07) is 4.73. The first-order chi connectivity index (χ1) is 18.0. The monoisotopic (exact) mass is 532 g/mol. The first-order valence-corrected chi connectivity index (χ1v) is 13.2. The van der Waals surface area contributed by atoms with Crippen LogP contribution in [-0.4, -0.2) is 77.8 Å². The van der Waals surface area contributed by atoms with Crippen molar-refractivity contribution in [3.63, 3.8) is 0 Å². The van der Waals surface area contributed by atoms with Crippen molar-refractivity contribution < 1.29 is 22.8 Å². The van der Waals surface area contributed by atoms with Gasteiger partial charge in [0.1, 0.15) is 0 Å². The summed E-state index contributed by atoms with van der Waals surface area (Å²) < 4.78 is 43.2. The third-order valence-corrected chi connectivity index (χ3v) is 8.53. The van der Waals surface area contributed by atoms with Crippen LogP contribution in [0.4, 0.5) is 29.3 Å². The molecular formula is C27H35F3N6O2. The van der Waals surface area contributed by atoms with Crippen molar-refractivity contribution in [2.75, 3.05) is 50.1 Å². The Kier molecular flexibility index (Phi) is 7.15. The fraction of sp³-hybridized carbons (Fsp3) is 0.593. The number of fused-ring (bicyclic) bond motifs is 1. The lowest BCUT2D eigenvalue weighted by Gasteiger charge is -2.28. The van der Waals surface area contributed by atoms with Gasteiger partial charge < -0.3 is 14.7 Å². The Morgan fingerprint density at radius 2 is 1.74 bits per heavy atom. The quantitative estimate of drug-likeness (QED) is 0.575. The number of likely N-dealkylation sites (tertiary alicyclic amines) is 1. The minimum Gasteiger partial charge on any atom is -0.372 e. The maximum atomic E-state index is 14.0. The largest absolute Gasteiger partial charge is 0.416 e. The number of hydrogen-bond donors (Lipinski definition) is 0. The van der Waals surface area contributed by atoms with Crippen LogP contribution in [-0.2, 0) is 17.5 Å². The molecule has 2 aliphatic heterocycles. The van der Waals surface area contributed by atoms with Crippen LogP contribution in [0, 0.1) is 11.8 Å². The van der Waals surface area contributed by atoms with Crippen molar-refractivity contribution >= 4 is 23.3 Å². The van der Waals surface area contributed by atoms with Crippen LogP contribution in [0.5, 0.6) is 0 Å². The number of alkyl halides is 3. The molecule has 2 aromatic rings. The van der Waals surface area contributed by atoms with Gasteiger partial charge in [-0.1, -0.05) is 6.07 Å². The summed E-state index contributed by atoms with van der Waals surface area (Å²) >= 11 is 0. The number of rotatable bonds is 5. The standard InChI is InChI=1S/C27H35F3N6O2/c1-18(37)33(3)24-13-31-36(17-24)26(38)35-15-20-10-23(11-21(20)16-35)32(2)14-19-6-7-22(34-8-4-5-9-34)12-25(19)27(28,29)30/h6-7,12-13,17,20-21,23H,4-5,8-11,14-16H2,1-3H3/t20-,21?,23?/m0/s1. The van der Waals surface area contributed by atoms with E-state index in [1.54, 1.807) is 24.2 Å². The Bertz CT molecular complexity index is 1180. The van der Waals surface area contributed by atoms with Gasteiger partial charge in [0, 0.05) is 58.4 Å². The second-order valence-electron chi connectivity index (χ2n) is 11.0. The molecule has 0 spiro atoms. The first kappa shape index (κ1) is 26.5. The molecule has 2 amide bonds. The molecule has 11 heteroatoms. The summed E-state index contributed by atoms with van der Waals surface area (Å²) in [7, 11) is 3.53. The topological polar surface area (TPSA) is 64.9 Å². The van der Waals surface area contributed by atoms with E-state index in [4.69, 9.17) is 0 Å². The normalized spacial score (nSPS) is 23.4. The molecule has 206 valence electrons. The Labute approximate surface area is 221 Å². The van der Waals surface area contributed by atoms with E-state index in [2.05, 4.69) is 5.10 Å². The highest BCUT2D eigenvalue weighted by molar-refractivity contribution is 5.91. The SMILES string of the molecule is CC(=O)N(C)c1cnn(C(=O)N2CC3CC(N(C)Cc4ccc(N5CCCC5)cc4C(F)(F)F)C[C@H]3C2)c1. The maximum Gasteiger partial charge on any atom is 0.416 e. The van der Waals surface area contributed by atoms with Crippen molar-refractivity contribution in [1.29, 1.82) is 0 Å². The van der Waals surface area contributed by atoms with Crippen molar-refractivity contribution in [1.82, 2.24) is 19.6 Å². The predicted molar refractivity (Wildman–Crippen MR) is 138 cm³/mol. The molecular weight excluding hydrogens is 497 g/mol. The summed E-state index contributed by atoms with van der Waals surface area (Å²) in [5, 5.41) is 4.14. The number of hydrogen-bond acceptors (Lipinski definition) is 5. The fourth-order valence-corrected chi connectivity index (χ4v) is 6.24. The van der Waals surface area contributed by atoms with E-state index >= 15 is 0 Å². The molecule has 0 bridgehead atoms. The Morgan fingerprint density at radius 1 is 1.08 bits per heavy atom. The average Bonchev–Trinajstić information content (AvgIpc) is 3.66. The lowest BCUT2D eigenvalue weighted by molar-refractivity contribution is -0.138. The summed E-state index contributed by atoms with van der Waals surface area (Å²) in [6.45, 7) is 4.49. The molecule has 5 rings (SSSR count). The number of halogens is 3. The average molecular weight is 533 g/mol. The van der Waals surface area contributed by atoms with Gasteiger partial charge in [-0.25, -0.2) is 4.79 Å². The molecule has 1 aliphatic carbocycles. The highest BCUT2D eigenvalue weighted by Crippen LogP contribution is 2.41. The molecule has 1 aromatic carbocycles. The molecule has 3 atom stereocenters. The highest BCUT2D eigenvalue weighted by atomic mass is 19.4. The van der Waals surface area contributed by atoms with Gasteiger partial charge >= 0.3 is 12.2 Å².